The molecule has 2 fully saturated rings. The third-order valence-corrected chi connectivity index (χ3v) is 3.86. The maximum atomic E-state index is 12.1. The van der Waals surface area contributed by atoms with E-state index in [1.165, 1.54) is 0 Å². The monoisotopic (exact) mass is 220 g/mol. The van der Waals surface area contributed by atoms with Crippen LogP contribution in [0.4, 0.5) is 0 Å². The van der Waals surface area contributed by atoms with Gasteiger partial charge in [-0.2, -0.15) is 0 Å². The van der Waals surface area contributed by atoms with Crippen molar-refractivity contribution < 1.29 is 19.1 Å². The SMILES string of the molecule is O=C1CC(C(=O)C2CC3C=CC2C3)C(=O)O1. The van der Waals surface area contributed by atoms with Crippen molar-refractivity contribution in [3.05, 3.63) is 12.2 Å². The number of Topliss-reactive ketones (excluding diaryl/α,β-unsaturated/α-hetero) is 1. The Balaban J connectivity index is 1.76. The molecule has 0 aromatic carbocycles. The average molecular weight is 220 g/mol. The molecule has 0 amide bonds. The van der Waals surface area contributed by atoms with Crippen LogP contribution in [0.2, 0.25) is 0 Å². The summed E-state index contributed by atoms with van der Waals surface area (Å²) >= 11 is 0. The molecule has 4 unspecified atom stereocenters. The second-order valence-corrected chi connectivity index (χ2v) is 4.84. The van der Waals surface area contributed by atoms with Gasteiger partial charge in [-0.1, -0.05) is 12.2 Å². The molecule has 0 radical (unpaired) electrons. The fourth-order valence-electron chi connectivity index (χ4n) is 3.06. The smallest absolute Gasteiger partial charge is 0.324 e. The molecule has 3 rings (SSSR count). The summed E-state index contributed by atoms with van der Waals surface area (Å²) in [5, 5.41) is 0. The predicted molar refractivity (Wildman–Crippen MR) is 53.1 cm³/mol. The minimum atomic E-state index is -0.828. The lowest BCUT2D eigenvalue weighted by Gasteiger charge is -2.18. The van der Waals surface area contributed by atoms with Gasteiger partial charge in [0.2, 0.25) is 0 Å². The Morgan fingerprint density at radius 1 is 1.25 bits per heavy atom. The van der Waals surface area contributed by atoms with Gasteiger partial charge >= 0.3 is 11.9 Å². The molecule has 4 heteroatoms. The molecule has 0 aromatic rings. The number of cyclic esters (lactones) is 2. The molecule has 4 nitrogen and oxygen atoms in total. The van der Waals surface area contributed by atoms with Crippen LogP contribution in [-0.4, -0.2) is 17.7 Å². The summed E-state index contributed by atoms with van der Waals surface area (Å²) < 4.78 is 4.42. The first-order valence-electron chi connectivity index (χ1n) is 5.61. The molecule has 4 atom stereocenters. The number of ether oxygens (including phenoxy) is 1. The van der Waals surface area contributed by atoms with Gasteiger partial charge in [0.1, 0.15) is 5.92 Å². The fourth-order valence-corrected chi connectivity index (χ4v) is 3.06. The van der Waals surface area contributed by atoms with E-state index in [9.17, 15) is 14.4 Å². The lowest BCUT2D eigenvalue weighted by molar-refractivity contribution is -0.153. The van der Waals surface area contributed by atoms with Gasteiger partial charge < -0.3 is 4.74 Å². The van der Waals surface area contributed by atoms with Gasteiger partial charge in [0.25, 0.3) is 0 Å². The Labute approximate surface area is 92.6 Å². The number of allylic oxidation sites excluding steroid dienone is 2. The maximum absolute atomic E-state index is 12.1. The zero-order valence-corrected chi connectivity index (χ0v) is 8.72. The number of esters is 2. The van der Waals surface area contributed by atoms with E-state index in [2.05, 4.69) is 16.9 Å². The molecule has 16 heavy (non-hydrogen) atoms. The number of hydrogen-bond acceptors (Lipinski definition) is 4. The summed E-state index contributed by atoms with van der Waals surface area (Å²) in [5.74, 6) is -1.44. The molecule has 1 saturated heterocycles. The molecule has 3 aliphatic rings. The Morgan fingerprint density at radius 3 is 2.56 bits per heavy atom. The van der Waals surface area contributed by atoms with E-state index in [1.807, 2.05) is 0 Å². The molecule has 1 saturated carbocycles. The van der Waals surface area contributed by atoms with Crippen LogP contribution in [0, 0.1) is 23.7 Å². The molecule has 2 bridgehead atoms. The molecule has 0 aromatic heterocycles. The van der Waals surface area contributed by atoms with Gasteiger partial charge in [0.15, 0.2) is 5.78 Å². The topological polar surface area (TPSA) is 60.4 Å². The largest absolute Gasteiger partial charge is 0.393 e. The minimum Gasteiger partial charge on any atom is -0.393 e. The van der Waals surface area contributed by atoms with Crippen molar-refractivity contribution in [1.82, 2.24) is 0 Å². The van der Waals surface area contributed by atoms with E-state index in [4.69, 9.17) is 0 Å². The van der Waals surface area contributed by atoms with Gasteiger partial charge in [-0.15, -0.1) is 0 Å². The molecule has 0 N–H and O–H groups in total. The Bertz CT molecular complexity index is 409. The van der Waals surface area contributed by atoms with E-state index < -0.39 is 17.9 Å². The predicted octanol–water partition coefficient (Wildman–Crippen LogP) is 0.857. The Morgan fingerprint density at radius 2 is 2.06 bits per heavy atom. The summed E-state index contributed by atoms with van der Waals surface area (Å²) in [6, 6.07) is 0. The van der Waals surface area contributed by atoms with Crippen LogP contribution in [0.1, 0.15) is 19.3 Å². The second-order valence-electron chi connectivity index (χ2n) is 4.84. The number of hydrogen-bond donors (Lipinski definition) is 0. The highest BCUT2D eigenvalue weighted by molar-refractivity contribution is 6.09. The van der Waals surface area contributed by atoms with Crippen LogP contribution in [0.15, 0.2) is 12.2 Å². The number of carbonyl (C=O) groups is 3. The zero-order valence-electron chi connectivity index (χ0n) is 8.72. The van der Waals surface area contributed by atoms with E-state index in [0.717, 1.165) is 12.8 Å². The van der Waals surface area contributed by atoms with Crippen molar-refractivity contribution >= 4 is 17.7 Å². The number of ketones is 1. The van der Waals surface area contributed by atoms with Crippen LogP contribution >= 0.6 is 0 Å². The van der Waals surface area contributed by atoms with Crippen LogP contribution in [-0.2, 0) is 19.1 Å². The summed E-state index contributed by atoms with van der Waals surface area (Å²) in [7, 11) is 0. The molecular weight excluding hydrogens is 208 g/mol. The van der Waals surface area contributed by atoms with Crippen molar-refractivity contribution in [3.8, 4) is 0 Å². The van der Waals surface area contributed by atoms with Gasteiger partial charge in [-0.25, -0.2) is 0 Å². The summed E-state index contributed by atoms with van der Waals surface area (Å²) in [6.45, 7) is 0. The molecule has 84 valence electrons. The van der Waals surface area contributed by atoms with Crippen LogP contribution in [0.25, 0.3) is 0 Å². The minimum absolute atomic E-state index is 0.0603. The Hall–Kier alpha value is -1.45. The van der Waals surface area contributed by atoms with E-state index in [0.29, 0.717) is 5.92 Å². The standard InChI is InChI=1S/C12H12O4/c13-10-5-9(12(15)16-10)11(14)8-4-6-1-2-7(8)3-6/h1-2,6-9H,3-5H2. The number of carbonyl (C=O) groups excluding carboxylic acids is 3. The summed E-state index contributed by atoms with van der Waals surface area (Å²) in [4.78, 5) is 34.3. The first kappa shape index (κ1) is 9.75. The van der Waals surface area contributed by atoms with E-state index >= 15 is 0 Å². The lowest BCUT2D eigenvalue weighted by atomic mass is 9.83. The van der Waals surface area contributed by atoms with Crippen LogP contribution in [0.5, 0.6) is 0 Å². The second kappa shape index (κ2) is 3.27. The van der Waals surface area contributed by atoms with Gasteiger partial charge in [0.05, 0.1) is 6.42 Å². The van der Waals surface area contributed by atoms with Crippen molar-refractivity contribution in [2.45, 2.75) is 19.3 Å². The van der Waals surface area contributed by atoms with Gasteiger partial charge in [0, 0.05) is 5.92 Å². The first-order chi connectivity index (χ1) is 7.65. The van der Waals surface area contributed by atoms with Crippen molar-refractivity contribution in [2.75, 3.05) is 0 Å². The van der Waals surface area contributed by atoms with Crippen molar-refractivity contribution in [2.24, 2.45) is 23.7 Å². The number of rotatable bonds is 2. The summed E-state index contributed by atoms with van der Waals surface area (Å²) in [6.07, 6.45) is 6.00. The first-order valence-corrected chi connectivity index (χ1v) is 5.61. The molecule has 0 spiro atoms. The molecule has 1 heterocycles. The average Bonchev–Trinajstić information content (AvgIpc) is 2.91. The summed E-state index contributed by atoms with van der Waals surface area (Å²) in [5.41, 5.74) is 0. The molecular formula is C12H12O4. The van der Waals surface area contributed by atoms with Gasteiger partial charge in [-0.3, -0.25) is 14.4 Å². The quantitative estimate of drug-likeness (QED) is 0.393. The third kappa shape index (κ3) is 1.32. The molecule has 1 aliphatic heterocycles. The normalized spacial score (nSPS) is 40.5. The van der Waals surface area contributed by atoms with E-state index in [1.54, 1.807) is 0 Å². The molecule has 2 aliphatic carbocycles. The highest BCUT2D eigenvalue weighted by Crippen LogP contribution is 2.45. The zero-order chi connectivity index (χ0) is 11.3. The van der Waals surface area contributed by atoms with Crippen LogP contribution in [0.3, 0.4) is 0 Å². The number of fused-ring (bicyclic) bond motifs is 2. The maximum Gasteiger partial charge on any atom is 0.324 e. The highest BCUT2D eigenvalue weighted by Gasteiger charge is 2.47. The lowest BCUT2D eigenvalue weighted by Crippen LogP contribution is -2.29. The van der Waals surface area contributed by atoms with E-state index in [-0.39, 0.29) is 24.0 Å². The van der Waals surface area contributed by atoms with Crippen LogP contribution < -0.4 is 0 Å². The van der Waals surface area contributed by atoms with Gasteiger partial charge in [-0.05, 0) is 24.7 Å². The third-order valence-electron chi connectivity index (χ3n) is 3.86. The van der Waals surface area contributed by atoms with Crippen molar-refractivity contribution in [1.29, 1.82) is 0 Å². The Kier molecular flexibility index (Phi) is 1.99. The highest BCUT2D eigenvalue weighted by atomic mass is 16.6. The van der Waals surface area contributed by atoms with Crippen molar-refractivity contribution in [3.63, 3.8) is 0 Å². The fraction of sp³-hybridized carbons (Fsp3) is 0.583.